The molecule has 2 amide bonds. The van der Waals surface area contributed by atoms with Crippen molar-refractivity contribution in [3.05, 3.63) is 65.2 Å². The Morgan fingerprint density at radius 1 is 1.00 bits per heavy atom. The topological polar surface area (TPSA) is 96.4 Å². The maximum absolute atomic E-state index is 14.1. The van der Waals surface area contributed by atoms with Crippen molar-refractivity contribution in [2.45, 2.75) is 32.2 Å². The second-order valence-electron chi connectivity index (χ2n) is 8.51. The number of benzene rings is 2. The highest BCUT2D eigenvalue weighted by atomic mass is 16.5. The van der Waals surface area contributed by atoms with Crippen molar-refractivity contribution in [2.75, 3.05) is 38.3 Å². The number of aliphatic hydroxyl groups excluding tert-OH is 1. The van der Waals surface area contributed by atoms with Crippen molar-refractivity contribution in [1.82, 2.24) is 4.90 Å². The molecule has 2 heterocycles. The van der Waals surface area contributed by atoms with E-state index in [1.807, 2.05) is 13.8 Å². The van der Waals surface area contributed by atoms with E-state index in [4.69, 9.17) is 9.47 Å². The molecule has 8 heteroatoms. The highest BCUT2D eigenvalue weighted by Gasteiger charge is 2.66. The molecule has 0 radical (unpaired) electrons. The van der Waals surface area contributed by atoms with Crippen LogP contribution in [-0.2, 0) is 24.7 Å². The van der Waals surface area contributed by atoms with Gasteiger partial charge in [-0.1, -0.05) is 25.1 Å². The first kappa shape index (κ1) is 24.5. The molecular weight excluding hydrogens is 448 g/mol. The molecule has 1 atom stereocenters. The zero-order valence-electron chi connectivity index (χ0n) is 20.2. The molecule has 35 heavy (non-hydrogen) atoms. The van der Waals surface area contributed by atoms with Gasteiger partial charge in [-0.15, -0.1) is 0 Å². The van der Waals surface area contributed by atoms with Crippen LogP contribution in [0.1, 0.15) is 37.8 Å². The molecule has 1 spiro atoms. The van der Waals surface area contributed by atoms with Crippen LogP contribution in [-0.4, -0.2) is 61.0 Å². The summed E-state index contributed by atoms with van der Waals surface area (Å²) in [5.41, 5.74) is -0.504. The average Bonchev–Trinajstić information content (AvgIpc) is 3.25. The summed E-state index contributed by atoms with van der Waals surface area (Å²) >= 11 is 0. The Morgan fingerprint density at radius 3 is 2.37 bits per heavy atom. The summed E-state index contributed by atoms with van der Waals surface area (Å²) in [5, 5.41) is 11.4. The standard InChI is InChI=1S/C27H30N2O6/c1-4-16-35-19-13-11-18(12-14-19)23(30)22-24(31)25(32)29(15-8-17-34-3)27(22)20-9-6-7-10-21(20)28(5-2)26(27)33/h6-7,9-14,30H,4-5,8,15-17H2,1-3H3/t27-/m0/s1. The van der Waals surface area contributed by atoms with Gasteiger partial charge in [0, 0.05) is 37.9 Å². The Hall–Kier alpha value is -3.65. The Morgan fingerprint density at radius 2 is 1.71 bits per heavy atom. The molecule has 2 aliphatic heterocycles. The Bertz CT molecular complexity index is 1170. The van der Waals surface area contributed by atoms with Crippen LogP contribution in [0.25, 0.3) is 5.76 Å². The van der Waals surface area contributed by atoms with Crippen LogP contribution < -0.4 is 9.64 Å². The van der Waals surface area contributed by atoms with E-state index in [0.29, 0.717) is 48.7 Å². The number of rotatable bonds is 9. The van der Waals surface area contributed by atoms with Crippen LogP contribution in [0.3, 0.4) is 0 Å². The highest BCUT2D eigenvalue weighted by Crippen LogP contribution is 2.53. The molecule has 0 aromatic heterocycles. The zero-order chi connectivity index (χ0) is 25.2. The van der Waals surface area contributed by atoms with Gasteiger partial charge in [0.15, 0.2) is 5.54 Å². The summed E-state index contributed by atoms with van der Waals surface area (Å²) in [5.74, 6) is -1.89. The third kappa shape index (κ3) is 3.78. The fourth-order valence-corrected chi connectivity index (χ4v) is 4.92. The number of hydrogen-bond donors (Lipinski definition) is 1. The van der Waals surface area contributed by atoms with E-state index in [1.54, 1.807) is 60.5 Å². The quantitative estimate of drug-likeness (QED) is 0.257. The highest BCUT2D eigenvalue weighted by molar-refractivity contribution is 6.50. The van der Waals surface area contributed by atoms with Crippen molar-refractivity contribution >= 4 is 29.0 Å². The van der Waals surface area contributed by atoms with Gasteiger partial charge in [0.05, 0.1) is 17.9 Å². The number of fused-ring (bicyclic) bond motifs is 2. The largest absolute Gasteiger partial charge is 0.507 e. The molecule has 0 bridgehead atoms. The van der Waals surface area contributed by atoms with Gasteiger partial charge >= 0.3 is 0 Å². The maximum atomic E-state index is 14.1. The molecule has 4 rings (SSSR count). The number of para-hydroxylation sites is 1. The number of hydrogen-bond acceptors (Lipinski definition) is 6. The van der Waals surface area contributed by atoms with E-state index in [2.05, 4.69) is 0 Å². The lowest BCUT2D eigenvalue weighted by Crippen LogP contribution is -2.52. The van der Waals surface area contributed by atoms with E-state index in [9.17, 15) is 19.5 Å². The number of ketones is 1. The Kier molecular flexibility index (Phi) is 6.93. The predicted octanol–water partition coefficient (Wildman–Crippen LogP) is 3.45. The van der Waals surface area contributed by atoms with Crippen LogP contribution >= 0.6 is 0 Å². The van der Waals surface area contributed by atoms with E-state index in [1.165, 1.54) is 4.90 Å². The van der Waals surface area contributed by atoms with E-state index in [-0.39, 0.29) is 17.9 Å². The number of methoxy groups -OCH3 is 1. The van der Waals surface area contributed by atoms with Crippen molar-refractivity contribution in [1.29, 1.82) is 0 Å². The van der Waals surface area contributed by atoms with E-state index < -0.39 is 23.1 Å². The monoisotopic (exact) mass is 478 g/mol. The zero-order valence-corrected chi connectivity index (χ0v) is 20.2. The van der Waals surface area contributed by atoms with Gasteiger partial charge in [-0.05, 0) is 50.1 Å². The molecule has 2 aromatic rings. The molecular formula is C27H30N2O6. The molecule has 2 aromatic carbocycles. The van der Waals surface area contributed by atoms with Crippen molar-refractivity contribution in [3.8, 4) is 5.75 Å². The van der Waals surface area contributed by atoms with Crippen LogP contribution in [0.5, 0.6) is 5.75 Å². The average molecular weight is 479 g/mol. The van der Waals surface area contributed by atoms with Crippen molar-refractivity contribution in [3.63, 3.8) is 0 Å². The summed E-state index contributed by atoms with van der Waals surface area (Å²) in [6, 6.07) is 13.7. The number of likely N-dealkylation sites (tertiary alicyclic amines) is 1. The van der Waals surface area contributed by atoms with E-state index >= 15 is 0 Å². The third-order valence-electron chi connectivity index (χ3n) is 6.46. The third-order valence-corrected chi connectivity index (χ3v) is 6.46. The van der Waals surface area contributed by atoms with Crippen LogP contribution in [0.2, 0.25) is 0 Å². The summed E-state index contributed by atoms with van der Waals surface area (Å²) in [7, 11) is 1.55. The van der Waals surface area contributed by atoms with Crippen molar-refractivity contribution in [2.24, 2.45) is 0 Å². The fourth-order valence-electron chi connectivity index (χ4n) is 4.92. The lowest BCUT2D eigenvalue weighted by atomic mass is 9.82. The predicted molar refractivity (Wildman–Crippen MR) is 131 cm³/mol. The number of ether oxygens (including phenoxy) is 2. The maximum Gasteiger partial charge on any atom is 0.296 e. The minimum absolute atomic E-state index is 0.122. The SMILES string of the molecule is CCCOc1ccc(C(O)=C2C(=O)C(=O)N(CCCOC)[C@]23C(=O)N(CC)c2ccccc23)cc1. The number of carbonyl (C=O) groups excluding carboxylic acids is 3. The molecule has 1 N–H and O–H groups in total. The summed E-state index contributed by atoms with van der Waals surface area (Å²) in [6.07, 6.45) is 1.28. The van der Waals surface area contributed by atoms with Gasteiger partial charge in [0.1, 0.15) is 11.5 Å². The van der Waals surface area contributed by atoms with Crippen molar-refractivity contribution < 1.29 is 29.0 Å². The molecule has 184 valence electrons. The smallest absolute Gasteiger partial charge is 0.296 e. The second kappa shape index (κ2) is 9.92. The molecule has 2 aliphatic rings. The first-order valence-electron chi connectivity index (χ1n) is 11.9. The van der Waals surface area contributed by atoms with Crippen LogP contribution in [0, 0.1) is 0 Å². The van der Waals surface area contributed by atoms with Gasteiger partial charge < -0.3 is 24.4 Å². The minimum atomic E-state index is -1.74. The molecule has 0 unspecified atom stereocenters. The Labute approximate surface area is 204 Å². The number of nitrogens with zero attached hydrogens (tertiary/aromatic N) is 2. The molecule has 8 nitrogen and oxygen atoms in total. The molecule has 1 saturated heterocycles. The van der Waals surface area contributed by atoms with Gasteiger partial charge in [-0.3, -0.25) is 14.4 Å². The Balaban J connectivity index is 1.93. The number of anilines is 1. The normalized spacial score (nSPS) is 20.7. The number of Topliss-reactive ketones (excluding diaryl/α,β-unsaturated/α-hetero) is 1. The first-order chi connectivity index (χ1) is 16.9. The summed E-state index contributed by atoms with van der Waals surface area (Å²) in [6.45, 7) is 5.21. The number of amides is 2. The van der Waals surface area contributed by atoms with Gasteiger partial charge in [0.25, 0.3) is 17.6 Å². The van der Waals surface area contributed by atoms with Crippen LogP contribution in [0.4, 0.5) is 5.69 Å². The van der Waals surface area contributed by atoms with Crippen LogP contribution in [0.15, 0.2) is 54.1 Å². The second-order valence-corrected chi connectivity index (χ2v) is 8.51. The summed E-state index contributed by atoms with van der Waals surface area (Å²) in [4.78, 5) is 43.7. The first-order valence-corrected chi connectivity index (χ1v) is 11.9. The minimum Gasteiger partial charge on any atom is -0.507 e. The fraction of sp³-hybridized carbons (Fsp3) is 0.370. The molecule has 1 fully saturated rings. The van der Waals surface area contributed by atoms with E-state index in [0.717, 1.165) is 6.42 Å². The lowest BCUT2D eigenvalue weighted by molar-refractivity contribution is -0.143. The molecule has 0 aliphatic carbocycles. The lowest BCUT2D eigenvalue weighted by Gasteiger charge is -2.34. The van der Waals surface area contributed by atoms with Gasteiger partial charge in [0.2, 0.25) is 0 Å². The number of carbonyl (C=O) groups is 3. The number of likely N-dealkylation sites (N-methyl/N-ethyl adjacent to an activating group) is 1. The van der Waals surface area contributed by atoms with Gasteiger partial charge in [-0.25, -0.2) is 0 Å². The number of aliphatic hydroxyl groups is 1. The molecule has 0 saturated carbocycles. The van der Waals surface area contributed by atoms with Gasteiger partial charge in [-0.2, -0.15) is 0 Å². The summed E-state index contributed by atoms with van der Waals surface area (Å²) < 4.78 is 10.8.